The highest BCUT2D eigenvalue weighted by Crippen LogP contribution is 2.39. The maximum absolute atomic E-state index is 10.8. The van der Waals surface area contributed by atoms with Gasteiger partial charge in [0.2, 0.25) is 5.91 Å². The number of hydrogen-bond donors (Lipinski definition) is 2. The average molecular weight is 300 g/mol. The van der Waals surface area contributed by atoms with E-state index in [1.165, 1.54) is 6.92 Å². The van der Waals surface area contributed by atoms with E-state index in [4.69, 9.17) is 0 Å². The molecule has 2 heterocycles. The molecule has 0 spiro atoms. The van der Waals surface area contributed by atoms with E-state index in [2.05, 4.69) is 21.7 Å². The Morgan fingerprint density at radius 1 is 1.38 bits per heavy atom. The van der Waals surface area contributed by atoms with E-state index >= 15 is 0 Å². The predicted molar refractivity (Wildman–Crippen MR) is 84.2 cm³/mol. The van der Waals surface area contributed by atoms with Gasteiger partial charge in [0.05, 0.1) is 5.56 Å². The summed E-state index contributed by atoms with van der Waals surface area (Å²) in [6, 6.07) is 6.11. The molecule has 2 aromatic rings. The van der Waals surface area contributed by atoms with E-state index in [1.807, 2.05) is 19.1 Å². The molecule has 1 amide bonds. The first-order valence-corrected chi connectivity index (χ1v) is 7.37. The first kappa shape index (κ1) is 15.0. The van der Waals surface area contributed by atoms with E-state index in [1.54, 1.807) is 23.7 Å². The van der Waals surface area contributed by atoms with Crippen molar-refractivity contribution in [3.8, 4) is 16.5 Å². The maximum Gasteiger partial charge on any atom is 0.216 e. The summed E-state index contributed by atoms with van der Waals surface area (Å²) in [5.41, 5.74) is 2.68. The fourth-order valence-electron chi connectivity index (χ4n) is 1.97. The summed E-state index contributed by atoms with van der Waals surface area (Å²) in [4.78, 5) is 15.9. The summed E-state index contributed by atoms with van der Waals surface area (Å²) in [5.74, 6) is -0.0582. The van der Waals surface area contributed by atoms with Crippen LogP contribution in [-0.4, -0.2) is 24.0 Å². The van der Waals surface area contributed by atoms with Gasteiger partial charge in [-0.25, -0.2) is 0 Å². The molecule has 0 aliphatic rings. The van der Waals surface area contributed by atoms with Crippen molar-refractivity contribution in [2.75, 3.05) is 18.4 Å². The van der Waals surface area contributed by atoms with Crippen LogP contribution in [0.15, 0.2) is 24.5 Å². The Balaban J connectivity index is 2.19. The summed E-state index contributed by atoms with van der Waals surface area (Å²) < 4.78 is 0. The summed E-state index contributed by atoms with van der Waals surface area (Å²) in [6.45, 7) is 4.55. The van der Waals surface area contributed by atoms with Crippen molar-refractivity contribution in [1.82, 2.24) is 10.3 Å². The standard InChI is InChI=1S/C15H16N4OS/c1-10-13(9-16)15(19-8-7-18-11(2)20)21-14(10)12-3-5-17-6-4-12/h3-6,19H,7-8H2,1-2H3,(H,18,20). The molecule has 0 fully saturated rings. The molecule has 0 saturated heterocycles. The van der Waals surface area contributed by atoms with E-state index in [-0.39, 0.29) is 5.91 Å². The van der Waals surface area contributed by atoms with Gasteiger partial charge in [0.1, 0.15) is 11.1 Å². The molecule has 0 aromatic carbocycles. The third-order valence-electron chi connectivity index (χ3n) is 2.99. The van der Waals surface area contributed by atoms with Gasteiger partial charge >= 0.3 is 0 Å². The lowest BCUT2D eigenvalue weighted by molar-refractivity contribution is -0.118. The van der Waals surface area contributed by atoms with Crippen molar-refractivity contribution in [3.05, 3.63) is 35.7 Å². The second-order valence-electron chi connectivity index (χ2n) is 4.52. The van der Waals surface area contributed by atoms with Crippen LogP contribution in [0.3, 0.4) is 0 Å². The third-order valence-corrected chi connectivity index (χ3v) is 4.28. The molecule has 0 aliphatic heterocycles. The van der Waals surface area contributed by atoms with Crippen molar-refractivity contribution < 1.29 is 4.79 Å². The number of hydrogen-bond acceptors (Lipinski definition) is 5. The van der Waals surface area contributed by atoms with E-state index in [0.29, 0.717) is 18.7 Å². The Labute approximate surface area is 127 Å². The topological polar surface area (TPSA) is 77.8 Å². The van der Waals surface area contributed by atoms with Crippen LogP contribution in [0, 0.1) is 18.3 Å². The molecule has 5 nitrogen and oxygen atoms in total. The van der Waals surface area contributed by atoms with Gasteiger partial charge in [0.15, 0.2) is 0 Å². The van der Waals surface area contributed by atoms with Crippen LogP contribution in [-0.2, 0) is 4.79 Å². The molecule has 108 valence electrons. The lowest BCUT2D eigenvalue weighted by Gasteiger charge is -2.04. The highest BCUT2D eigenvalue weighted by molar-refractivity contribution is 7.19. The van der Waals surface area contributed by atoms with Crippen LogP contribution in [0.5, 0.6) is 0 Å². The number of aromatic nitrogens is 1. The molecular formula is C15H16N4OS. The molecule has 2 rings (SSSR count). The molecule has 6 heteroatoms. The minimum atomic E-state index is -0.0582. The van der Waals surface area contributed by atoms with Crippen LogP contribution in [0.25, 0.3) is 10.4 Å². The number of thiophene rings is 1. The summed E-state index contributed by atoms with van der Waals surface area (Å²) in [6.07, 6.45) is 3.48. The number of carbonyl (C=O) groups excluding carboxylic acids is 1. The zero-order chi connectivity index (χ0) is 15.2. The number of amides is 1. The fourth-order valence-corrected chi connectivity index (χ4v) is 3.15. The summed E-state index contributed by atoms with van der Waals surface area (Å²) >= 11 is 1.55. The normalized spacial score (nSPS) is 9.95. The van der Waals surface area contributed by atoms with Gasteiger partial charge in [0, 0.05) is 37.3 Å². The van der Waals surface area contributed by atoms with Gasteiger partial charge in [0.25, 0.3) is 0 Å². The highest BCUT2D eigenvalue weighted by Gasteiger charge is 2.15. The van der Waals surface area contributed by atoms with Crippen molar-refractivity contribution in [2.24, 2.45) is 0 Å². The minimum Gasteiger partial charge on any atom is -0.374 e. The predicted octanol–water partition coefficient (Wildman–Crippen LogP) is 2.54. The number of nitriles is 1. The van der Waals surface area contributed by atoms with Crippen LogP contribution >= 0.6 is 11.3 Å². The number of carbonyl (C=O) groups is 1. The first-order chi connectivity index (χ1) is 10.1. The summed E-state index contributed by atoms with van der Waals surface area (Å²) in [5, 5.41) is 16.1. The first-order valence-electron chi connectivity index (χ1n) is 6.55. The Bertz CT molecular complexity index is 673. The second kappa shape index (κ2) is 6.86. The number of rotatable bonds is 5. The third kappa shape index (κ3) is 3.58. The Morgan fingerprint density at radius 2 is 2.10 bits per heavy atom. The number of nitrogens with one attached hydrogen (secondary N) is 2. The summed E-state index contributed by atoms with van der Waals surface area (Å²) in [7, 11) is 0. The smallest absolute Gasteiger partial charge is 0.216 e. The molecular weight excluding hydrogens is 284 g/mol. The highest BCUT2D eigenvalue weighted by atomic mass is 32.1. The molecule has 0 atom stereocenters. The quantitative estimate of drug-likeness (QED) is 0.832. The van der Waals surface area contributed by atoms with Gasteiger partial charge in [-0.1, -0.05) is 0 Å². The Morgan fingerprint density at radius 3 is 2.71 bits per heavy atom. The number of pyridine rings is 1. The fraction of sp³-hybridized carbons (Fsp3) is 0.267. The van der Waals surface area contributed by atoms with Gasteiger partial charge in [-0.2, -0.15) is 5.26 Å². The lowest BCUT2D eigenvalue weighted by atomic mass is 10.1. The molecule has 21 heavy (non-hydrogen) atoms. The molecule has 2 aromatic heterocycles. The molecule has 0 bridgehead atoms. The second-order valence-corrected chi connectivity index (χ2v) is 5.54. The average Bonchev–Trinajstić information content (AvgIpc) is 2.80. The van der Waals surface area contributed by atoms with Gasteiger partial charge < -0.3 is 10.6 Å². The molecule has 2 N–H and O–H groups in total. The van der Waals surface area contributed by atoms with Gasteiger partial charge in [-0.3, -0.25) is 9.78 Å². The monoisotopic (exact) mass is 300 g/mol. The van der Waals surface area contributed by atoms with Gasteiger partial charge in [-0.05, 0) is 30.2 Å². The number of nitrogens with zero attached hydrogens (tertiary/aromatic N) is 2. The molecule has 0 saturated carbocycles. The molecule has 0 unspecified atom stereocenters. The molecule has 0 radical (unpaired) electrons. The number of anilines is 1. The van der Waals surface area contributed by atoms with Crippen molar-refractivity contribution >= 4 is 22.2 Å². The van der Waals surface area contributed by atoms with E-state index < -0.39 is 0 Å². The molecule has 0 aliphatic carbocycles. The van der Waals surface area contributed by atoms with Crippen molar-refractivity contribution in [3.63, 3.8) is 0 Å². The van der Waals surface area contributed by atoms with Crippen molar-refractivity contribution in [1.29, 1.82) is 5.26 Å². The van der Waals surface area contributed by atoms with Crippen molar-refractivity contribution in [2.45, 2.75) is 13.8 Å². The van der Waals surface area contributed by atoms with Crippen LogP contribution < -0.4 is 10.6 Å². The van der Waals surface area contributed by atoms with Crippen LogP contribution in [0.2, 0.25) is 0 Å². The Hall–Kier alpha value is -2.39. The van der Waals surface area contributed by atoms with E-state index in [9.17, 15) is 10.1 Å². The largest absolute Gasteiger partial charge is 0.374 e. The zero-order valence-electron chi connectivity index (χ0n) is 11.9. The SMILES string of the molecule is CC(=O)NCCNc1sc(-c2ccncc2)c(C)c1C#N. The maximum atomic E-state index is 10.8. The lowest BCUT2D eigenvalue weighted by Crippen LogP contribution is -2.26. The zero-order valence-corrected chi connectivity index (χ0v) is 12.8. The van der Waals surface area contributed by atoms with Gasteiger partial charge in [-0.15, -0.1) is 11.3 Å². The van der Waals surface area contributed by atoms with E-state index in [0.717, 1.165) is 21.0 Å². The minimum absolute atomic E-state index is 0.0582. The Kier molecular flexibility index (Phi) is 4.90. The van der Waals surface area contributed by atoms with Crippen LogP contribution in [0.4, 0.5) is 5.00 Å². The van der Waals surface area contributed by atoms with Crippen LogP contribution in [0.1, 0.15) is 18.1 Å².